The lowest BCUT2D eigenvalue weighted by Gasteiger charge is -2.37. The van der Waals surface area contributed by atoms with Gasteiger partial charge in [0.15, 0.2) is 0 Å². The van der Waals surface area contributed by atoms with E-state index in [0.29, 0.717) is 19.4 Å². The summed E-state index contributed by atoms with van der Waals surface area (Å²) in [4.78, 5) is 11.0. The fourth-order valence-electron chi connectivity index (χ4n) is 1.70. The highest BCUT2D eigenvalue weighted by atomic mass is 32.2. The summed E-state index contributed by atoms with van der Waals surface area (Å²) in [6.45, 7) is 2.37. The summed E-state index contributed by atoms with van der Waals surface area (Å²) in [5, 5.41) is 9.04. The maximum atomic E-state index is 11.5. The van der Waals surface area contributed by atoms with Crippen LogP contribution in [0, 0.1) is 5.41 Å². The van der Waals surface area contributed by atoms with Crippen molar-refractivity contribution in [2.45, 2.75) is 26.2 Å². The molecular weight excluding hydrogens is 246 g/mol. The predicted molar refractivity (Wildman–Crippen MR) is 62.2 cm³/mol. The molecule has 0 heterocycles. The van der Waals surface area contributed by atoms with Gasteiger partial charge in [-0.3, -0.25) is 4.79 Å². The summed E-state index contributed by atoms with van der Waals surface area (Å²) in [6.07, 6.45) is 1.92. The van der Waals surface area contributed by atoms with E-state index < -0.39 is 21.4 Å². The molecule has 0 aromatic heterocycles. The van der Waals surface area contributed by atoms with Gasteiger partial charge in [-0.1, -0.05) is 6.42 Å². The number of ether oxygens (including phenoxy) is 1. The molecule has 0 spiro atoms. The van der Waals surface area contributed by atoms with E-state index in [4.69, 9.17) is 9.84 Å². The summed E-state index contributed by atoms with van der Waals surface area (Å²) in [5.41, 5.74) is -0.890. The largest absolute Gasteiger partial charge is 0.481 e. The van der Waals surface area contributed by atoms with Crippen LogP contribution in [-0.4, -0.2) is 45.0 Å². The Morgan fingerprint density at radius 3 is 2.53 bits per heavy atom. The van der Waals surface area contributed by atoms with E-state index in [0.717, 1.165) is 6.42 Å². The molecule has 0 atom stereocenters. The zero-order chi connectivity index (χ0) is 12.9. The molecule has 7 heteroatoms. The first-order valence-corrected chi connectivity index (χ1v) is 7.35. The average Bonchev–Trinajstić information content (AvgIpc) is 2.15. The molecule has 1 aliphatic rings. The van der Waals surface area contributed by atoms with Crippen LogP contribution in [0.25, 0.3) is 0 Å². The van der Waals surface area contributed by atoms with Gasteiger partial charge in [-0.2, -0.15) is 0 Å². The Bertz CT molecular complexity index is 361. The molecule has 0 amide bonds. The molecule has 0 unspecified atom stereocenters. The van der Waals surface area contributed by atoms with Crippen molar-refractivity contribution in [3.05, 3.63) is 0 Å². The molecule has 0 bridgehead atoms. The summed E-state index contributed by atoms with van der Waals surface area (Å²) in [6, 6.07) is 0. The number of carboxylic acid groups (broad SMARTS) is 1. The highest BCUT2D eigenvalue weighted by molar-refractivity contribution is 7.89. The molecule has 17 heavy (non-hydrogen) atoms. The van der Waals surface area contributed by atoms with Crippen LogP contribution < -0.4 is 4.72 Å². The molecule has 0 aromatic rings. The zero-order valence-electron chi connectivity index (χ0n) is 9.94. The van der Waals surface area contributed by atoms with Gasteiger partial charge in [-0.15, -0.1) is 0 Å². The van der Waals surface area contributed by atoms with Crippen LogP contribution in [0.2, 0.25) is 0 Å². The molecule has 0 saturated heterocycles. The average molecular weight is 265 g/mol. The second kappa shape index (κ2) is 5.79. The second-order valence-electron chi connectivity index (χ2n) is 4.28. The Morgan fingerprint density at radius 1 is 1.47 bits per heavy atom. The lowest BCUT2D eigenvalue weighted by molar-refractivity contribution is -0.153. The van der Waals surface area contributed by atoms with Gasteiger partial charge in [-0.05, 0) is 19.8 Å². The maximum absolute atomic E-state index is 11.5. The van der Waals surface area contributed by atoms with Crippen molar-refractivity contribution in [3.63, 3.8) is 0 Å². The first-order chi connectivity index (χ1) is 7.92. The normalized spacial score (nSPS) is 18.6. The number of carbonyl (C=O) groups is 1. The summed E-state index contributed by atoms with van der Waals surface area (Å²) >= 11 is 0. The molecule has 0 radical (unpaired) electrons. The predicted octanol–water partition coefficient (Wildman–Crippen LogP) is 0.197. The quantitative estimate of drug-likeness (QED) is 0.611. The van der Waals surface area contributed by atoms with E-state index in [1.165, 1.54) is 0 Å². The first-order valence-electron chi connectivity index (χ1n) is 5.70. The Kier molecular flexibility index (Phi) is 4.91. The summed E-state index contributed by atoms with van der Waals surface area (Å²) < 4.78 is 30.4. The SMILES string of the molecule is CCOCCS(=O)(=O)NCC1(C(=O)O)CCC1. The highest BCUT2D eigenvalue weighted by Gasteiger charge is 2.44. The Labute approximate surface area is 101 Å². The molecule has 2 N–H and O–H groups in total. The van der Waals surface area contributed by atoms with Gasteiger partial charge in [0.05, 0.1) is 17.8 Å². The van der Waals surface area contributed by atoms with Gasteiger partial charge >= 0.3 is 5.97 Å². The van der Waals surface area contributed by atoms with Gasteiger partial charge in [0, 0.05) is 13.2 Å². The minimum absolute atomic E-state index is 0.0171. The van der Waals surface area contributed by atoms with E-state index >= 15 is 0 Å². The molecular formula is C10H19NO5S. The molecule has 0 aromatic carbocycles. The van der Waals surface area contributed by atoms with E-state index in [-0.39, 0.29) is 18.9 Å². The Hall–Kier alpha value is -0.660. The van der Waals surface area contributed by atoms with Crippen molar-refractivity contribution >= 4 is 16.0 Å². The Morgan fingerprint density at radius 2 is 2.12 bits per heavy atom. The molecule has 6 nitrogen and oxygen atoms in total. The van der Waals surface area contributed by atoms with Crippen LogP contribution in [0.3, 0.4) is 0 Å². The number of hydrogen-bond donors (Lipinski definition) is 2. The van der Waals surface area contributed by atoms with Crippen LogP contribution in [0.4, 0.5) is 0 Å². The van der Waals surface area contributed by atoms with Crippen molar-refractivity contribution in [2.24, 2.45) is 5.41 Å². The minimum Gasteiger partial charge on any atom is -0.481 e. The van der Waals surface area contributed by atoms with Crippen molar-refractivity contribution in [3.8, 4) is 0 Å². The number of sulfonamides is 1. The van der Waals surface area contributed by atoms with Crippen LogP contribution in [-0.2, 0) is 19.6 Å². The molecule has 0 aliphatic heterocycles. The van der Waals surface area contributed by atoms with Gasteiger partial charge in [-0.25, -0.2) is 13.1 Å². The fraction of sp³-hybridized carbons (Fsp3) is 0.900. The summed E-state index contributed by atoms with van der Waals surface area (Å²) in [5.74, 6) is -1.05. The van der Waals surface area contributed by atoms with E-state index in [1.807, 2.05) is 0 Å². The van der Waals surface area contributed by atoms with Gasteiger partial charge in [0.25, 0.3) is 0 Å². The van der Waals surface area contributed by atoms with Crippen molar-refractivity contribution in [2.75, 3.05) is 25.5 Å². The van der Waals surface area contributed by atoms with Gasteiger partial charge in [0.2, 0.25) is 10.0 Å². The first kappa shape index (κ1) is 14.4. The van der Waals surface area contributed by atoms with E-state index in [9.17, 15) is 13.2 Å². The van der Waals surface area contributed by atoms with Gasteiger partial charge in [0.1, 0.15) is 0 Å². The summed E-state index contributed by atoms with van der Waals surface area (Å²) in [7, 11) is -3.44. The molecule has 1 fully saturated rings. The van der Waals surface area contributed by atoms with Crippen molar-refractivity contribution < 1.29 is 23.1 Å². The number of nitrogens with one attached hydrogen (secondary N) is 1. The lowest BCUT2D eigenvalue weighted by Crippen LogP contribution is -2.48. The monoisotopic (exact) mass is 265 g/mol. The highest BCUT2D eigenvalue weighted by Crippen LogP contribution is 2.40. The molecule has 1 rings (SSSR count). The van der Waals surface area contributed by atoms with Gasteiger partial charge < -0.3 is 9.84 Å². The maximum Gasteiger partial charge on any atom is 0.310 e. The number of carboxylic acids is 1. The van der Waals surface area contributed by atoms with E-state index in [1.54, 1.807) is 6.92 Å². The van der Waals surface area contributed by atoms with Crippen LogP contribution in [0.1, 0.15) is 26.2 Å². The molecule has 1 saturated carbocycles. The van der Waals surface area contributed by atoms with E-state index in [2.05, 4.69) is 4.72 Å². The third kappa shape index (κ3) is 3.93. The third-order valence-electron chi connectivity index (χ3n) is 3.10. The van der Waals surface area contributed by atoms with Crippen molar-refractivity contribution in [1.29, 1.82) is 0 Å². The van der Waals surface area contributed by atoms with Crippen molar-refractivity contribution in [1.82, 2.24) is 4.72 Å². The van der Waals surface area contributed by atoms with Crippen LogP contribution >= 0.6 is 0 Å². The lowest BCUT2D eigenvalue weighted by atomic mass is 9.69. The molecule has 1 aliphatic carbocycles. The smallest absolute Gasteiger partial charge is 0.310 e. The number of aliphatic carboxylic acids is 1. The number of rotatable bonds is 8. The topological polar surface area (TPSA) is 92.7 Å². The van der Waals surface area contributed by atoms with Crippen LogP contribution in [0.15, 0.2) is 0 Å². The third-order valence-corrected chi connectivity index (χ3v) is 4.38. The molecule has 100 valence electrons. The minimum atomic E-state index is -3.44. The fourth-order valence-corrected chi connectivity index (χ4v) is 2.68. The Balaban J connectivity index is 2.41. The second-order valence-corrected chi connectivity index (χ2v) is 6.20. The zero-order valence-corrected chi connectivity index (χ0v) is 10.8. The number of hydrogen-bond acceptors (Lipinski definition) is 4. The van der Waals surface area contributed by atoms with Crippen LogP contribution in [0.5, 0.6) is 0 Å². The standard InChI is InChI=1S/C10H19NO5S/c1-2-16-6-7-17(14,15)11-8-10(9(12)13)4-3-5-10/h11H,2-8H2,1H3,(H,12,13).